The molecule has 1 aliphatic rings. The van der Waals surface area contributed by atoms with Gasteiger partial charge < -0.3 is 9.15 Å². The van der Waals surface area contributed by atoms with Crippen molar-refractivity contribution >= 4 is 17.4 Å². The first-order chi connectivity index (χ1) is 9.33. The van der Waals surface area contributed by atoms with Crippen LogP contribution in [0.4, 0.5) is 5.69 Å². The Balaban J connectivity index is 1.66. The molecule has 0 bridgehead atoms. The molecule has 1 aromatic heterocycles. The minimum absolute atomic E-state index is 0.227. The van der Waals surface area contributed by atoms with Gasteiger partial charge in [0, 0.05) is 0 Å². The number of aliphatic imine (C=N–C) groups is 1. The quantitative estimate of drug-likeness (QED) is 0.761. The second kappa shape index (κ2) is 4.85. The van der Waals surface area contributed by atoms with Gasteiger partial charge in [0.2, 0.25) is 0 Å². The third-order valence-corrected chi connectivity index (χ3v) is 2.55. The summed E-state index contributed by atoms with van der Waals surface area (Å²) in [6.07, 6.45) is 1.44. The Bertz CT molecular complexity index is 620. The molecule has 1 aliphatic heterocycles. The van der Waals surface area contributed by atoms with Crippen LogP contribution in [0, 0.1) is 0 Å². The molecular weight excluding hydrogens is 246 g/mol. The number of amides is 1. The number of nitrogens with one attached hydrogen (secondary N) is 2. The molecule has 6 heteroatoms. The molecular formula is C13H11N3O3. The highest BCUT2D eigenvalue weighted by Crippen LogP contribution is 2.29. The molecule has 2 N–H and O–H groups in total. The molecule has 0 saturated carbocycles. The van der Waals surface area contributed by atoms with Crippen molar-refractivity contribution in [2.24, 2.45) is 4.99 Å². The van der Waals surface area contributed by atoms with Gasteiger partial charge in [0.05, 0.1) is 6.26 Å². The first-order valence-electron chi connectivity index (χ1n) is 5.72. The first-order valence-corrected chi connectivity index (χ1v) is 5.72. The summed E-state index contributed by atoms with van der Waals surface area (Å²) in [4.78, 5) is 16.0. The minimum Gasteiger partial charge on any atom is -0.483 e. The van der Waals surface area contributed by atoms with E-state index in [1.165, 1.54) is 6.26 Å². The number of carbonyl (C=O) groups is 1. The van der Waals surface area contributed by atoms with E-state index in [-0.39, 0.29) is 18.3 Å². The number of hydrazine groups is 1. The number of para-hydroxylation sites is 2. The molecule has 0 aliphatic carbocycles. The van der Waals surface area contributed by atoms with Crippen LogP contribution in [0.3, 0.4) is 0 Å². The van der Waals surface area contributed by atoms with Gasteiger partial charge in [0.1, 0.15) is 18.0 Å². The standard InChI is InChI=1S/C13H11N3O3/c17-13(11-6-3-7-18-11)16-15-12-8-19-10-5-2-1-4-9(10)14-12/h1-7H,8H2,(H,14,15)(H,16,17). The second-order valence-electron chi connectivity index (χ2n) is 3.87. The maximum Gasteiger partial charge on any atom is 0.305 e. The van der Waals surface area contributed by atoms with Crippen molar-refractivity contribution in [3.63, 3.8) is 0 Å². The van der Waals surface area contributed by atoms with Gasteiger partial charge in [-0.2, -0.15) is 0 Å². The van der Waals surface area contributed by atoms with E-state index in [9.17, 15) is 4.79 Å². The first kappa shape index (κ1) is 11.3. The van der Waals surface area contributed by atoms with Crippen molar-refractivity contribution in [2.75, 3.05) is 6.61 Å². The lowest BCUT2D eigenvalue weighted by atomic mass is 10.3. The van der Waals surface area contributed by atoms with Crippen molar-refractivity contribution in [1.82, 2.24) is 10.9 Å². The highest BCUT2D eigenvalue weighted by molar-refractivity contribution is 5.95. The Kier molecular flexibility index (Phi) is 2.89. The van der Waals surface area contributed by atoms with Crippen LogP contribution in [0.25, 0.3) is 0 Å². The molecule has 0 saturated heterocycles. The van der Waals surface area contributed by atoms with E-state index < -0.39 is 0 Å². The highest BCUT2D eigenvalue weighted by atomic mass is 16.5. The molecule has 0 unspecified atom stereocenters. The molecule has 2 heterocycles. The van der Waals surface area contributed by atoms with Crippen LogP contribution < -0.4 is 15.6 Å². The number of nitrogens with zero attached hydrogens (tertiary/aromatic N) is 1. The van der Waals surface area contributed by atoms with Gasteiger partial charge in [0.15, 0.2) is 11.6 Å². The Morgan fingerprint density at radius 2 is 2.11 bits per heavy atom. The zero-order valence-electron chi connectivity index (χ0n) is 9.92. The average Bonchev–Trinajstić information content (AvgIpc) is 2.99. The maximum atomic E-state index is 11.6. The largest absolute Gasteiger partial charge is 0.483 e. The van der Waals surface area contributed by atoms with E-state index in [2.05, 4.69) is 15.8 Å². The van der Waals surface area contributed by atoms with Crippen molar-refractivity contribution in [1.29, 1.82) is 0 Å². The topological polar surface area (TPSA) is 75.9 Å². The van der Waals surface area contributed by atoms with Gasteiger partial charge in [-0.25, -0.2) is 4.99 Å². The van der Waals surface area contributed by atoms with E-state index in [1.807, 2.05) is 24.3 Å². The summed E-state index contributed by atoms with van der Waals surface area (Å²) in [5.41, 5.74) is 5.93. The van der Waals surface area contributed by atoms with Crippen LogP contribution in [0.2, 0.25) is 0 Å². The SMILES string of the molecule is O=C(NNC1=Nc2ccccc2OC1)c1ccco1. The number of rotatable bonds is 1. The summed E-state index contributed by atoms with van der Waals surface area (Å²) in [5.74, 6) is 1.11. The molecule has 96 valence electrons. The van der Waals surface area contributed by atoms with Gasteiger partial charge in [-0.3, -0.25) is 15.6 Å². The van der Waals surface area contributed by atoms with Gasteiger partial charge >= 0.3 is 5.91 Å². The number of amidine groups is 1. The number of carbonyl (C=O) groups excluding carboxylic acids is 1. The summed E-state index contributed by atoms with van der Waals surface area (Å²) in [6, 6.07) is 10.7. The van der Waals surface area contributed by atoms with Gasteiger partial charge in [0.25, 0.3) is 0 Å². The maximum absolute atomic E-state index is 11.6. The third kappa shape index (κ3) is 2.42. The van der Waals surface area contributed by atoms with Gasteiger partial charge in [-0.15, -0.1) is 0 Å². The Morgan fingerprint density at radius 1 is 1.21 bits per heavy atom. The number of fused-ring (bicyclic) bond motifs is 1. The molecule has 0 radical (unpaired) electrons. The van der Waals surface area contributed by atoms with Gasteiger partial charge in [-0.05, 0) is 24.3 Å². The Morgan fingerprint density at radius 3 is 2.95 bits per heavy atom. The van der Waals surface area contributed by atoms with Crippen LogP contribution in [0.5, 0.6) is 5.75 Å². The fraction of sp³-hybridized carbons (Fsp3) is 0.0769. The summed E-state index contributed by atoms with van der Waals surface area (Å²) < 4.78 is 10.5. The van der Waals surface area contributed by atoms with Crippen LogP contribution in [0.15, 0.2) is 52.1 Å². The lowest BCUT2D eigenvalue weighted by Gasteiger charge is -2.17. The summed E-state index contributed by atoms with van der Waals surface area (Å²) in [5, 5.41) is 0. The third-order valence-electron chi connectivity index (χ3n) is 2.55. The average molecular weight is 257 g/mol. The summed E-state index contributed by atoms with van der Waals surface area (Å²) >= 11 is 0. The predicted octanol–water partition coefficient (Wildman–Crippen LogP) is 1.64. The Labute approximate surface area is 109 Å². The number of hydrogen-bond acceptors (Lipinski definition) is 5. The molecule has 3 rings (SSSR count). The van der Waals surface area contributed by atoms with Crippen molar-refractivity contribution < 1.29 is 13.9 Å². The lowest BCUT2D eigenvalue weighted by Crippen LogP contribution is -2.44. The van der Waals surface area contributed by atoms with Crippen LogP contribution >= 0.6 is 0 Å². The molecule has 0 atom stereocenters. The number of ether oxygens (including phenoxy) is 1. The van der Waals surface area contributed by atoms with E-state index in [0.717, 1.165) is 11.4 Å². The van der Waals surface area contributed by atoms with E-state index in [4.69, 9.17) is 9.15 Å². The van der Waals surface area contributed by atoms with Gasteiger partial charge in [-0.1, -0.05) is 12.1 Å². The van der Waals surface area contributed by atoms with E-state index in [0.29, 0.717) is 5.84 Å². The van der Waals surface area contributed by atoms with E-state index in [1.54, 1.807) is 12.1 Å². The summed E-state index contributed by atoms with van der Waals surface area (Å²) in [6.45, 7) is 0.273. The highest BCUT2D eigenvalue weighted by Gasteiger charge is 2.13. The number of benzene rings is 1. The molecule has 2 aromatic rings. The number of hydrogen-bond donors (Lipinski definition) is 2. The zero-order valence-corrected chi connectivity index (χ0v) is 9.92. The van der Waals surface area contributed by atoms with Crippen LogP contribution in [0.1, 0.15) is 10.6 Å². The smallest absolute Gasteiger partial charge is 0.305 e. The van der Waals surface area contributed by atoms with Crippen molar-refractivity contribution in [3.8, 4) is 5.75 Å². The van der Waals surface area contributed by atoms with Crippen LogP contribution in [-0.2, 0) is 0 Å². The monoisotopic (exact) mass is 257 g/mol. The van der Waals surface area contributed by atoms with Crippen LogP contribution in [-0.4, -0.2) is 18.3 Å². The zero-order chi connectivity index (χ0) is 13.1. The molecule has 0 fully saturated rings. The lowest BCUT2D eigenvalue weighted by molar-refractivity contribution is 0.0915. The second-order valence-corrected chi connectivity index (χ2v) is 3.87. The molecule has 0 spiro atoms. The Hall–Kier alpha value is -2.76. The predicted molar refractivity (Wildman–Crippen MR) is 68.3 cm³/mol. The van der Waals surface area contributed by atoms with Crippen molar-refractivity contribution in [3.05, 3.63) is 48.4 Å². The fourth-order valence-electron chi connectivity index (χ4n) is 1.66. The molecule has 19 heavy (non-hydrogen) atoms. The summed E-state index contributed by atoms with van der Waals surface area (Å²) in [7, 11) is 0. The molecule has 1 aromatic carbocycles. The van der Waals surface area contributed by atoms with Crippen molar-refractivity contribution in [2.45, 2.75) is 0 Å². The normalized spacial score (nSPS) is 12.9. The molecule has 6 nitrogen and oxygen atoms in total. The van der Waals surface area contributed by atoms with E-state index >= 15 is 0 Å². The fourth-order valence-corrected chi connectivity index (χ4v) is 1.66. The minimum atomic E-state index is -0.369. The number of furan rings is 1. The molecule has 1 amide bonds.